The maximum atomic E-state index is 14.4. The van der Waals surface area contributed by atoms with E-state index in [-0.39, 0.29) is 13.2 Å². The molecule has 0 saturated heterocycles. The van der Waals surface area contributed by atoms with Gasteiger partial charge in [-0.15, -0.1) is 0 Å². The highest BCUT2D eigenvalue weighted by molar-refractivity contribution is 5.71. The minimum absolute atomic E-state index is 0.0810. The third-order valence-electron chi connectivity index (χ3n) is 4.66. The van der Waals surface area contributed by atoms with Crippen LogP contribution in [0.15, 0.2) is 48.9 Å². The zero-order valence-electron chi connectivity index (χ0n) is 18.9. The van der Waals surface area contributed by atoms with E-state index in [1.165, 1.54) is 45.7 Å². The van der Waals surface area contributed by atoms with Gasteiger partial charge in [0.2, 0.25) is 0 Å². The van der Waals surface area contributed by atoms with Crippen molar-refractivity contribution < 1.29 is 23.0 Å². The number of carbonyl (C=O) groups is 1. The minimum atomic E-state index is -0.622. The summed E-state index contributed by atoms with van der Waals surface area (Å²) < 4.78 is 42.5. The lowest BCUT2D eigenvalue weighted by atomic mass is 10.1. The molecule has 0 atom stereocenters. The van der Waals surface area contributed by atoms with Gasteiger partial charge in [0.1, 0.15) is 35.4 Å². The van der Waals surface area contributed by atoms with E-state index in [0.717, 1.165) is 0 Å². The van der Waals surface area contributed by atoms with Crippen molar-refractivity contribution in [2.24, 2.45) is 0 Å². The monoisotopic (exact) mass is 470 g/mol. The number of nitrogens with two attached hydrogens (primary N) is 1. The van der Waals surface area contributed by atoms with E-state index in [2.05, 4.69) is 15.4 Å². The predicted octanol–water partition coefficient (Wildman–Crippen LogP) is 3.95. The lowest BCUT2D eigenvalue weighted by Gasteiger charge is -2.20. The molecule has 3 N–H and O–H groups in total. The van der Waals surface area contributed by atoms with Gasteiger partial charge >= 0.3 is 6.09 Å². The SMILES string of the molecule is CC(C)(C)OC(=O)NCCOc1ccc(F)cc1-c1cc(F)cn1-c1ccn2ncc(N)c2n1. The first-order chi connectivity index (χ1) is 16.1. The number of hydrogen-bond donors (Lipinski definition) is 2. The highest BCUT2D eigenvalue weighted by Crippen LogP contribution is 2.33. The summed E-state index contributed by atoms with van der Waals surface area (Å²) in [6, 6.07) is 6.81. The summed E-state index contributed by atoms with van der Waals surface area (Å²) in [5.41, 5.74) is 6.68. The highest BCUT2D eigenvalue weighted by atomic mass is 19.1. The molecule has 0 fully saturated rings. The van der Waals surface area contributed by atoms with Gasteiger partial charge in [0, 0.05) is 24.0 Å². The molecule has 11 heteroatoms. The number of nitrogens with zero attached hydrogens (tertiary/aromatic N) is 4. The topological polar surface area (TPSA) is 109 Å². The highest BCUT2D eigenvalue weighted by Gasteiger charge is 2.18. The number of alkyl carbamates (subject to hydrolysis) is 1. The van der Waals surface area contributed by atoms with Gasteiger partial charge in [-0.1, -0.05) is 0 Å². The predicted molar refractivity (Wildman–Crippen MR) is 122 cm³/mol. The van der Waals surface area contributed by atoms with Gasteiger partial charge in [0.05, 0.1) is 24.1 Å². The zero-order valence-corrected chi connectivity index (χ0v) is 18.9. The standard InChI is InChI=1S/C23H24F2N6O3/c1-23(2,3)34-22(32)27-7-9-33-19-5-4-14(24)10-16(19)18-11-15(25)13-30(18)20-6-8-31-21(29-20)17(26)12-28-31/h4-6,8,10-13H,7,9,26H2,1-3H3,(H,27,32). The second-order valence-electron chi connectivity index (χ2n) is 8.49. The lowest BCUT2D eigenvalue weighted by Crippen LogP contribution is -2.34. The molecule has 4 rings (SSSR count). The molecule has 0 aliphatic heterocycles. The van der Waals surface area contributed by atoms with Gasteiger partial charge in [-0.25, -0.2) is 23.1 Å². The van der Waals surface area contributed by atoms with Crippen LogP contribution in [-0.2, 0) is 4.74 Å². The molecular formula is C23H24F2N6O3. The molecule has 0 saturated carbocycles. The summed E-state index contributed by atoms with van der Waals surface area (Å²) in [7, 11) is 0. The summed E-state index contributed by atoms with van der Waals surface area (Å²) in [5, 5.41) is 6.66. The van der Waals surface area contributed by atoms with E-state index in [9.17, 15) is 13.6 Å². The van der Waals surface area contributed by atoms with Gasteiger partial charge in [-0.3, -0.25) is 4.57 Å². The van der Waals surface area contributed by atoms with Crippen LogP contribution in [0.4, 0.5) is 19.3 Å². The summed E-state index contributed by atoms with van der Waals surface area (Å²) in [6.07, 6.45) is 3.76. The fourth-order valence-corrected chi connectivity index (χ4v) is 3.30. The number of anilines is 1. The Hall–Kier alpha value is -4.15. The van der Waals surface area contributed by atoms with Crippen LogP contribution < -0.4 is 15.8 Å². The van der Waals surface area contributed by atoms with Gasteiger partial charge in [-0.2, -0.15) is 5.10 Å². The van der Waals surface area contributed by atoms with Crippen molar-refractivity contribution in [3.63, 3.8) is 0 Å². The Morgan fingerprint density at radius 2 is 1.97 bits per heavy atom. The first-order valence-corrected chi connectivity index (χ1v) is 10.5. The quantitative estimate of drug-likeness (QED) is 0.413. The fourth-order valence-electron chi connectivity index (χ4n) is 3.30. The molecular weight excluding hydrogens is 446 g/mol. The molecule has 34 heavy (non-hydrogen) atoms. The van der Waals surface area contributed by atoms with Gasteiger partial charge in [0.15, 0.2) is 5.65 Å². The van der Waals surface area contributed by atoms with Crippen molar-refractivity contribution in [1.29, 1.82) is 0 Å². The lowest BCUT2D eigenvalue weighted by molar-refractivity contribution is 0.0520. The van der Waals surface area contributed by atoms with Crippen molar-refractivity contribution in [3.8, 4) is 22.8 Å². The molecule has 0 spiro atoms. The Kier molecular flexibility index (Phi) is 6.10. The first kappa shape index (κ1) is 23.0. The molecule has 178 valence electrons. The van der Waals surface area contributed by atoms with E-state index in [4.69, 9.17) is 15.2 Å². The smallest absolute Gasteiger partial charge is 0.407 e. The molecule has 0 unspecified atom stereocenters. The summed E-state index contributed by atoms with van der Waals surface area (Å²) in [5.74, 6) is -0.400. The number of fused-ring (bicyclic) bond motifs is 1. The van der Waals surface area contributed by atoms with Crippen molar-refractivity contribution in [2.75, 3.05) is 18.9 Å². The van der Waals surface area contributed by atoms with E-state index in [1.807, 2.05) is 0 Å². The number of nitrogen functional groups attached to an aromatic ring is 1. The Bertz CT molecular complexity index is 1340. The maximum absolute atomic E-state index is 14.4. The van der Waals surface area contributed by atoms with E-state index in [0.29, 0.717) is 34.2 Å². The number of rotatable bonds is 6. The molecule has 0 aliphatic carbocycles. The first-order valence-electron chi connectivity index (χ1n) is 10.5. The molecule has 9 nitrogen and oxygen atoms in total. The van der Waals surface area contributed by atoms with E-state index in [1.54, 1.807) is 33.0 Å². The molecule has 3 heterocycles. The average Bonchev–Trinajstić information content (AvgIpc) is 3.33. The van der Waals surface area contributed by atoms with Crippen LogP contribution in [0.3, 0.4) is 0 Å². The van der Waals surface area contributed by atoms with Crippen LogP contribution in [0.1, 0.15) is 20.8 Å². The largest absolute Gasteiger partial charge is 0.491 e. The minimum Gasteiger partial charge on any atom is -0.491 e. The van der Waals surface area contributed by atoms with E-state index < -0.39 is 23.3 Å². The summed E-state index contributed by atoms with van der Waals surface area (Å²) >= 11 is 0. The van der Waals surface area contributed by atoms with E-state index >= 15 is 0 Å². The average molecular weight is 470 g/mol. The second kappa shape index (κ2) is 9.00. The van der Waals surface area contributed by atoms with Gasteiger partial charge in [0.25, 0.3) is 0 Å². The Morgan fingerprint density at radius 3 is 2.74 bits per heavy atom. The van der Waals surface area contributed by atoms with Crippen LogP contribution in [0.25, 0.3) is 22.7 Å². The number of nitrogens with one attached hydrogen (secondary N) is 1. The van der Waals surface area contributed by atoms with Gasteiger partial charge < -0.3 is 20.5 Å². The van der Waals surface area contributed by atoms with Gasteiger partial charge in [-0.05, 0) is 45.0 Å². The van der Waals surface area contributed by atoms with Crippen molar-refractivity contribution in [2.45, 2.75) is 26.4 Å². The number of amides is 1. The van der Waals surface area contributed by atoms with Crippen LogP contribution in [0.2, 0.25) is 0 Å². The zero-order chi connectivity index (χ0) is 24.5. The summed E-state index contributed by atoms with van der Waals surface area (Å²) in [6.45, 7) is 5.51. The third-order valence-corrected chi connectivity index (χ3v) is 4.66. The fraction of sp³-hybridized carbons (Fsp3) is 0.261. The van der Waals surface area contributed by atoms with Crippen molar-refractivity contribution in [1.82, 2.24) is 24.5 Å². The molecule has 1 aromatic carbocycles. The number of carbonyl (C=O) groups excluding carboxylic acids is 1. The normalized spacial score (nSPS) is 11.6. The molecule has 0 bridgehead atoms. The number of ether oxygens (including phenoxy) is 2. The van der Waals surface area contributed by atoms with Crippen molar-refractivity contribution >= 4 is 17.4 Å². The molecule has 0 radical (unpaired) electrons. The van der Waals surface area contributed by atoms with Crippen molar-refractivity contribution in [3.05, 3.63) is 60.6 Å². The van der Waals surface area contributed by atoms with Crippen LogP contribution >= 0.6 is 0 Å². The maximum Gasteiger partial charge on any atom is 0.407 e. The number of aromatic nitrogens is 4. The Labute approximate surface area is 194 Å². The third kappa shape index (κ3) is 5.08. The number of benzene rings is 1. The molecule has 4 aromatic rings. The Balaban J connectivity index is 1.59. The Morgan fingerprint density at radius 1 is 1.18 bits per heavy atom. The molecule has 1 amide bonds. The van der Waals surface area contributed by atoms with Crippen LogP contribution in [-0.4, -0.2) is 44.0 Å². The number of halogens is 2. The summed E-state index contributed by atoms with van der Waals surface area (Å²) in [4.78, 5) is 16.3. The van der Waals surface area contributed by atoms with Crippen LogP contribution in [0, 0.1) is 11.6 Å². The molecule has 3 aromatic heterocycles. The van der Waals surface area contributed by atoms with Crippen LogP contribution in [0.5, 0.6) is 5.75 Å². The number of hydrogen-bond acceptors (Lipinski definition) is 6. The second-order valence-corrected chi connectivity index (χ2v) is 8.49. The molecule has 0 aliphatic rings.